The molecule has 0 fully saturated rings. The van der Waals surface area contributed by atoms with Crippen LogP contribution in [0.25, 0.3) is 43.1 Å². The van der Waals surface area contributed by atoms with Crippen LogP contribution in [0, 0.1) is 0 Å². The monoisotopic (exact) mass is 967 g/mol. The summed E-state index contributed by atoms with van der Waals surface area (Å²) < 4.78 is 108. The second-order valence-electron chi connectivity index (χ2n) is 15.0. The SMILES string of the molecule is COc1ccc(Nc2ccc3c(O)c(N=Nc4ccc(N=Nc5ccc(N=Nc6ccc7cccc(S(=O)(=O)O)c7c6)c6ccc(S(=O)(=O)O)cc56)c5ccc(S(=O)(=O)O)cc45)ccc3c2)cc1. The van der Waals surface area contributed by atoms with Gasteiger partial charge in [0.15, 0.2) is 5.75 Å². The molecule has 0 unspecified atom stereocenters. The number of hydrogen-bond donors (Lipinski definition) is 5. The first kappa shape index (κ1) is 45.1. The molecular weight excluding hydrogens is 935 g/mol. The third-order valence-corrected chi connectivity index (χ3v) is 13.3. The number of nitrogens with zero attached hydrogens (tertiary/aromatic N) is 6. The number of aromatic hydroxyl groups is 1. The second kappa shape index (κ2) is 17.6. The molecule has 0 aliphatic rings. The van der Waals surface area contributed by atoms with Gasteiger partial charge < -0.3 is 15.2 Å². The molecule has 0 aromatic heterocycles. The normalized spacial score (nSPS) is 12.6. The molecule has 0 amide bonds. The molecule has 5 N–H and O–H groups in total. The van der Waals surface area contributed by atoms with Crippen molar-refractivity contribution < 1.29 is 48.8 Å². The quantitative estimate of drug-likeness (QED) is 0.0564. The molecule has 9 aromatic carbocycles. The summed E-state index contributed by atoms with van der Waals surface area (Å²) in [5.74, 6) is 0.560. The number of hydrogen-bond acceptors (Lipinski definition) is 15. The Morgan fingerprint density at radius 2 is 0.926 bits per heavy atom. The van der Waals surface area contributed by atoms with Gasteiger partial charge in [-0.05, 0) is 126 Å². The van der Waals surface area contributed by atoms with Gasteiger partial charge in [0.05, 0.1) is 45.3 Å². The van der Waals surface area contributed by atoms with Crippen LogP contribution in [0.5, 0.6) is 11.5 Å². The maximum atomic E-state index is 12.3. The standard InChI is InChI=1S/C47H33N7O11S3/c1-65-32-11-8-29(9-12-32)48-30-10-15-35-28(23-30)6-18-45(47(35)55)54-53-44-22-20-42(37-17-14-34(26-40(37)44)67(59,60)61)51-52-43-21-19-41(36-16-13-33(25-39(36)43)66(56,57)58)50-49-31-7-5-27-3-2-4-46(38(27)24-31)68(62,63)64/h2-26,48,55H,1H3,(H,56,57,58)(H,59,60,61)(H,62,63,64). The third-order valence-electron chi connectivity index (χ3n) is 10.7. The number of anilines is 2. The lowest BCUT2D eigenvalue weighted by Gasteiger charge is -2.10. The Balaban J connectivity index is 1.06. The maximum Gasteiger partial charge on any atom is 0.295 e. The Labute approximate surface area is 386 Å². The summed E-state index contributed by atoms with van der Waals surface area (Å²) in [7, 11) is -12.3. The lowest BCUT2D eigenvalue weighted by molar-refractivity contribution is 0.415. The summed E-state index contributed by atoms with van der Waals surface area (Å²) >= 11 is 0. The van der Waals surface area contributed by atoms with Crippen LogP contribution in [-0.2, 0) is 30.4 Å². The van der Waals surface area contributed by atoms with E-state index < -0.39 is 40.1 Å². The zero-order chi connectivity index (χ0) is 48.0. The van der Waals surface area contributed by atoms with E-state index in [0.717, 1.165) is 23.5 Å². The van der Waals surface area contributed by atoms with Gasteiger partial charge in [0.1, 0.15) is 16.3 Å². The Morgan fingerprint density at radius 1 is 0.426 bits per heavy atom. The Morgan fingerprint density at radius 3 is 1.49 bits per heavy atom. The van der Waals surface area contributed by atoms with Crippen LogP contribution in [0.1, 0.15) is 0 Å². The van der Waals surface area contributed by atoms with Gasteiger partial charge in [-0.15, -0.1) is 25.6 Å². The number of azo groups is 3. The fourth-order valence-electron chi connectivity index (χ4n) is 7.41. The highest BCUT2D eigenvalue weighted by Crippen LogP contribution is 2.42. The number of fused-ring (bicyclic) bond motifs is 4. The number of methoxy groups -OCH3 is 1. The summed E-state index contributed by atoms with van der Waals surface area (Å²) in [6.07, 6.45) is 0. The average molecular weight is 968 g/mol. The van der Waals surface area contributed by atoms with E-state index in [1.165, 1.54) is 66.7 Å². The van der Waals surface area contributed by atoms with Crippen LogP contribution in [0.3, 0.4) is 0 Å². The van der Waals surface area contributed by atoms with Gasteiger partial charge in [-0.3, -0.25) is 13.7 Å². The fraction of sp³-hybridized carbons (Fsp3) is 0.0213. The van der Waals surface area contributed by atoms with E-state index in [-0.39, 0.29) is 60.9 Å². The molecule has 0 aliphatic carbocycles. The molecule has 0 spiro atoms. The summed E-state index contributed by atoms with van der Waals surface area (Å²) in [6.45, 7) is 0. The molecule has 9 aromatic rings. The van der Waals surface area contributed by atoms with Gasteiger partial charge in [-0.25, -0.2) is 0 Å². The van der Waals surface area contributed by atoms with E-state index >= 15 is 0 Å². The molecule has 0 saturated carbocycles. The lowest BCUT2D eigenvalue weighted by atomic mass is 10.1. The minimum atomic E-state index is -4.69. The zero-order valence-electron chi connectivity index (χ0n) is 35.0. The average Bonchev–Trinajstić information content (AvgIpc) is 3.31. The predicted octanol–water partition coefficient (Wildman–Crippen LogP) is 12.7. The van der Waals surface area contributed by atoms with Gasteiger partial charge in [0, 0.05) is 43.7 Å². The number of phenolic OH excluding ortho intramolecular Hbond substituents is 1. The van der Waals surface area contributed by atoms with Crippen LogP contribution >= 0.6 is 0 Å². The van der Waals surface area contributed by atoms with Crippen molar-refractivity contribution in [2.75, 3.05) is 12.4 Å². The number of nitrogens with one attached hydrogen (secondary N) is 1. The largest absolute Gasteiger partial charge is 0.505 e. The second-order valence-corrected chi connectivity index (χ2v) is 19.3. The third kappa shape index (κ3) is 9.33. The molecule has 0 aliphatic heterocycles. The Kier molecular flexibility index (Phi) is 11.7. The molecule has 0 heterocycles. The van der Waals surface area contributed by atoms with Gasteiger partial charge in [0.25, 0.3) is 30.4 Å². The highest BCUT2D eigenvalue weighted by molar-refractivity contribution is 7.86. The molecule has 0 radical (unpaired) electrons. The van der Waals surface area contributed by atoms with Crippen molar-refractivity contribution in [2.45, 2.75) is 14.7 Å². The molecule has 0 atom stereocenters. The fourth-order valence-corrected chi connectivity index (χ4v) is 9.13. The van der Waals surface area contributed by atoms with E-state index in [9.17, 15) is 44.0 Å². The van der Waals surface area contributed by atoms with Crippen molar-refractivity contribution in [3.05, 3.63) is 152 Å². The number of benzene rings is 9. The smallest absolute Gasteiger partial charge is 0.295 e. The van der Waals surface area contributed by atoms with Gasteiger partial charge >= 0.3 is 0 Å². The van der Waals surface area contributed by atoms with Crippen LogP contribution < -0.4 is 10.1 Å². The molecule has 9 rings (SSSR count). The van der Waals surface area contributed by atoms with Crippen LogP contribution in [-0.4, -0.2) is 51.1 Å². The van der Waals surface area contributed by atoms with Gasteiger partial charge in [-0.2, -0.15) is 30.4 Å². The van der Waals surface area contributed by atoms with Crippen molar-refractivity contribution in [1.82, 2.24) is 0 Å². The number of rotatable bonds is 12. The van der Waals surface area contributed by atoms with Crippen molar-refractivity contribution in [3.8, 4) is 11.5 Å². The van der Waals surface area contributed by atoms with E-state index in [1.807, 2.05) is 30.3 Å². The molecule has 0 bridgehead atoms. The summed E-state index contributed by atoms with van der Waals surface area (Å²) in [5.41, 5.74) is 2.62. The maximum absolute atomic E-state index is 12.3. The first-order chi connectivity index (χ1) is 32.4. The highest BCUT2D eigenvalue weighted by Gasteiger charge is 2.18. The van der Waals surface area contributed by atoms with Gasteiger partial charge in [-0.1, -0.05) is 36.4 Å². The summed E-state index contributed by atoms with van der Waals surface area (Å²) in [5, 5.41) is 43.6. The molecule has 68 heavy (non-hydrogen) atoms. The van der Waals surface area contributed by atoms with Gasteiger partial charge in [0.2, 0.25) is 0 Å². The highest BCUT2D eigenvalue weighted by atomic mass is 32.2. The van der Waals surface area contributed by atoms with E-state index in [1.54, 1.807) is 49.6 Å². The molecular formula is C47H33N7O11S3. The van der Waals surface area contributed by atoms with E-state index in [2.05, 4.69) is 36.0 Å². The lowest BCUT2D eigenvalue weighted by Crippen LogP contribution is -1.98. The van der Waals surface area contributed by atoms with E-state index in [0.29, 0.717) is 32.7 Å². The van der Waals surface area contributed by atoms with Crippen molar-refractivity contribution in [3.63, 3.8) is 0 Å². The zero-order valence-corrected chi connectivity index (χ0v) is 37.4. The summed E-state index contributed by atoms with van der Waals surface area (Å²) in [6, 6.07) is 38.6. The summed E-state index contributed by atoms with van der Waals surface area (Å²) in [4.78, 5) is -1.21. The first-order valence-corrected chi connectivity index (χ1v) is 24.3. The van der Waals surface area contributed by atoms with Crippen molar-refractivity contribution >= 4 is 119 Å². The van der Waals surface area contributed by atoms with Crippen molar-refractivity contribution in [2.24, 2.45) is 30.7 Å². The van der Waals surface area contributed by atoms with Crippen LogP contribution in [0.2, 0.25) is 0 Å². The van der Waals surface area contributed by atoms with Crippen LogP contribution in [0.15, 0.2) is 197 Å². The molecule has 340 valence electrons. The number of ether oxygens (including phenoxy) is 1. The van der Waals surface area contributed by atoms with Crippen molar-refractivity contribution in [1.29, 1.82) is 0 Å². The molecule has 18 nitrogen and oxygen atoms in total. The Bertz CT molecular complexity index is 3980. The Hall–Kier alpha value is -8.05. The first-order valence-electron chi connectivity index (χ1n) is 19.9. The topological polar surface area (TPSA) is 279 Å². The predicted molar refractivity (Wildman–Crippen MR) is 256 cm³/mol. The molecule has 21 heteroatoms. The molecule has 0 saturated heterocycles. The minimum Gasteiger partial charge on any atom is -0.505 e. The number of phenols is 1. The van der Waals surface area contributed by atoms with E-state index in [4.69, 9.17) is 4.74 Å². The minimum absolute atomic E-state index is 0.110. The van der Waals surface area contributed by atoms with Crippen LogP contribution in [0.4, 0.5) is 45.5 Å².